The van der Waals surface area contributed by atoms with Crippen LogP contribution in [-0.4, -0.2) is 33.8 Å². The molecule has 1 aliphatic rings. The average molecular weight is 289 g/mol. The Morgan fingerprint density at radius 1 is 1.75 bits per heavy atom. The maximum atomic E-state index is 11.6. The molecule has 2 rings (SSSR count). The van der Waals surface area contributed by atoms with Gasteiger partial charge in [0, 0.05) is 18.3 Å². The smallest absolute Gasteiger partial charge is 0.373 e. The molecule has 0 spiro atoms. The summed E-state index contributed by atoms with van der Waals surface area (Å²) in [6.07, 6.45) is 1.53. The number of aromatic carboxylic acids is 1. The number of alkyl halides is 1. The van der Waals surface area contributed by atoms with Crippen LogP contribution in [0.1, 0.15) is 17.0 Å². The molecule has 1 atom stereocenters. The van der Waals surface area contributed by atoms with Gasteiger partial charge in [0.2, 0.25) is 11.7 Å². The van der Waals surface area contributed by atoms with E-state index in [0.29, 0.717) is 13.0 Å². The van der Waals surface area contributed by atoms with E-state index in [4.69, 9.17) is 9.52 Å². The van der Waals surface area contributed by atoms with Gasteiger partial charge in [-0.2, -0.15) is 0 Å². The van der Waals surface area contributed by atoms with E-state index < -0.39 is 5.97 Å². The summed E-state index contributed by atoms with van der Waals surface area (Å²) in [4.78, 5) is 27.3. The van der Waals surface area contributed by atoms with Crippen molar-refractivity contribution in [2.24, 2.45) is 5.92 Å². The van der Waals surface area contributed by atoms with E-state index in [2.05, 4.69) is 20.9 Å². The minimum absolute atomic E-state index is 0.0610. The molecule has 1 N–H and O–H groups in total. The lowest BCUT2D eigenvalue weighted by molar-refractivity contribution is -0.117. The van der Waals surface area contributed by atoms with Gasteiger partial charge in [0.05, 0.1) is 6.20 Å². The Balaban J connectivity index is 2.18. The molecule has 0 saturated carbocycles. The van der Waals surface area contributed by atoms with Crippen molar-refractivity contribution in [3.05, 3.63) is 12.0 Å². The highest BCUT2D eigenvalue weighted by Crippen LogP contribution is 2.25. The summed E-state index contributed by atoms with van der Waals surface area (Å²) in [5.41, 5.74) is 0. The van der Waals surface area contributed by atoms with Crippen LogP contribution < -0.4 is 4.90 Å². The van der Waals surface area contributed by atoms with Gasteiger partial charge in [-0.1, -0.05) is 15.9 Å². The van der Waals surface area contributed by atoms with Crippen LogP contribution in [0, 0.1) is 5.92 Å². The van der Waals surface area contributed by atoms with Crippen LogP contribution in [0.5, 0.6) is 0 Å². The predicted octanol–water partition coefficient (Wildman–Crippen LogP) is 1.12. The lowest BCUT2D eigenvalue weighted by Crippen LogP contribution is -2.24. The normalized spacial score (nSPS) is 20.4. The third-order valence-electron chi connectivity index (χ3n) is 2.36. The first-order chi connectivity index (χ1) is 7.61. The predicted molar refractivity (Wildman–Crippen MR) is 57.7 cm³/mol. The van der Waals surface area contributed by atoms with Gasteiger partial charge >= 0.3 is 12.0 Å². The number of carboxylic acids is 1. The first-order valence-corrected chi connectivity index (χ1v) is 5.79. The van der Waals surface area contributed by atoms with E-state index in [0.717, 1.165) is 11.5 Å². The molecule has 2 heterocycles. The van der Waals surface area contributed by atoms with Gasteiger partial charge in [0.1, 0.15) is 0 Å². The van der Waals surface area contributed by atoms with Crippen molar-refractivity contribution in [2.75, 3.05) is 16.8 Å². The number of aromatic nitrogens is 1. The number of anilines is 1. The van der Waals surface area contributed by atoms with E-state index in [1.807, 2.05) is 0 Å². The summed E-state index contributed by atoms with van der Waals surface area (Å²) in [5, 5.41) is 9.38. The number of nitrogens with zero attached hydrogens (tertiary/aromatic N) is 2. The summed E-state index contributed by atoms with van der Waals surface area (Å²) in [7, 11) is 0. The molecule has 0 aliphatic carbocycles. The van der Waals surface area contributed by atoms with Crippen LogP contribution in [0.25, 0.3) is 0 Å². The van der Waals surface area contributed by atoms with Crippen molar-refractivity contribution in [2.45, 2.75) is 6.42 Å². The highest BCUT2D eigenvalue weighted by atomic mass is 79.9. The number of oxazole rings is 1. The maximum Gasteiger partial charge on any atom is 0.373 e. The number of hydrogen-bond donors (Lipinski definition) is 1. The van der Waals surface area contributed by atoms with Crippen LogP contribution >= 0.6 is 15.9 Å². The monoisotopic (exact) mass is 288 g/mol. The lowest BCUT2D eigenvalue weighted by Gasteiger charge is -2.10. The van der Waals surface area contributed by atoms with E-state index >= 15 is 0 Å². The Kier molecular flexibility index (Phi) is 2.95. The topological polar surface area (TPSA) is 83.6 Å². The van der Waals surface area contributed by atoms with Crippen LogP contribution in [0.3, 0.4) is 0 Å². The van der Waals surface area contributed by atoms with Crippen LogP contribution in [0.2, 0.25) is 0 Å². The summed E-state index contributed by atoms with van der Waals surface area (Å²) in [6, 6.07) is 0.0610. The number of hydrogen-bond acceptors (Lipinski definition) is 4. The Bertz CT molecular complexity index is 431. The largest absolute Gasteiger partial charge is 0.475 e. The quantitative estimate of drug-likeness (QED) is 0.843. The molecule has 7 heteroatoms. The zero-order chi connectivity index (χ0) is 11.7. The van der Waals surface area contributed by atoms with Gasteiger partial charge in [-0.15, -0.1) is 0 Å². The Morgan fingerprint density at radius 2 is 2.50 bits per heavy atom. The van der Waals surface area contributed by atoms with Crippen LogP contribution in [0.15, 0.2) is 10.6 Å². The standard InChI is InChI=1S/C9H9BrN2O4/c10-2-5-1-7(13)12(4-5)9-11-3-6(16-9)8(14)15/h3,5H,1-2,4H2,(H,14,15). The lowest BCUT2D eigenvalue weighted by atomic mass is 10.2. The van der Waals surface area contributed by atoms with Gasteiger partial charge in [-0.3, -0.25) is 9.69 Å². The second-order valence-corrected chi connectivity index (χ2v) is 4.19. The second kappa shape index (κ2) is 4.25. The van der Waals surface area contributed by atoms with Gasteiger partial charge in [0.25, 0.3) is 0 Å². The highest BCUT2D eigenvalue weighted by molar-refractivity contribution is 9.09. The number of rotatable bonds is 3. The number of carbonyl (C=O) groups is 2. The summed E-state index contributed by atoms with van der Waals surface area (Å²) < 4.78 is 4.97. The Morgan fingerprint density at radius 3 is 3.00 bits per heavy atom. The minimum Gasteiger partial charge on any atom is -0.475 e. The van der Waals surface area contributed by atoms with Gasteiger partial charge < -0.3 is 9.52 Å². The zero-order valence-corrected chi connectivity index (χ0v) is 9.81. The van der Waals surface area contributed by atoms with Crippen LogP contribution in [-0.2, 0) is 4.79 Å². The van der Waals surface area contributed by atoms with E-state index in [-0.39, 0.29) is 23.6 Å². The van der Waals surface area contributed by atoms with E-state index in [1.165, 1.54) is 4.90 Å². The molecule has 1 aliphatic heterocycles. The molecule has 1 amide bonds. The third kappa shape index (κ3) is 1.95. The first-order valence-electron chi connectivity index (χ1n) is 4.67. The SMILES string of the molecule is O=C(O)c1cnc(N2CC(CBr)CC2=O)o1. The minimum atomic E-state index is -1.19. The van der Waals surface area contributed by atoms with E-state index in [9.17, 15) is 9.59 Å². The fourth-order valence-electron chi connectivity index (χ4n) is 1.56. The van der Waals surface area contributed by atoms with Gasteiger partial charge in [-0.25, -0.2) is 9.78 Å². The molecule has 0 bridgehead atoms. The maximum absolute atomic E-state index is 11.6. The van der Waals surface area contributed by atoms with Crippen molar-refractivity contribution in [1.29, 1.82) is 0 Å². The van der Waals surface area contributed by atoms with E-state index in [1.54, 1.807) is 0 Å². The summed E-state index contributed by atoms with van der Waals surface area (Å²) in [6.45, 7) is 0.504. The first kappa shape index (κ1) is 11.1. The van der Waals surface area contributed by atoms with Crippen molar-refractivity contribution in [1.82, 2.24) is 4.98 Å². The molecule has 1 saturated heterocycles. The number of carbonyl (C=O) groups excluding carboxylic acids is 1. The molecule has 1 fully saturated rings. The molecule has 1 unspecified atom stereocenters. The fraction of sp³-hybridized carbons (Fsp3) is 0.444. The molecule has 0 radical (unpaired) electrons. The molecule has 0 aromatic carbocycles. The molecule has 1 aromatic heterocycles. The second-order valence-electron chi connectivity index (χ2n) is 3.54. The molecular formula is C9H9BrN2O4. The van der Waals surface area contributed by atoms with Crippen molar-refractivity contribution < 1.29 is 19.1 Å². The molecule has 6 nitrogen and oxygen atoms in total. The highest BCUT2D eigenvalue weighted by Gasteiger charge is 2.33. The van der Waals surface area contributed by atoms with Crippen LogP contribution in [0.4, 0.5) is 6.01 Å². The fourth-order valence-corrected chi connectivity index (χ4v) is 1.99. The molecular weight excluding hydrogens is 280 g/mol. The number of amides is 1. The third-order valence-corrected chi connectivity index (χ3v) is 3.27. The van der Waals surface area contributed by atoms with Gasteiger partial charge in [0.15, 0.2) is 0 Å². The van der Waals surface area contributed by atoms with Crippen molar-refractivity contribution in [3.8, 4) is 0 Å². The summed E-state index contributed by atoms with van der Waals surface area (Å²) in [5.74, 6) is -1.33. The molecule has 86 valence electrons. The van der Waals surface area contributed by atoms with Crippen molar-refractivity contribution in [3.63, 3.8) is 0 Å². The number of halogens is 1. The van der Waals surface area contributed by atoms with Gasteiger partial charge in [-0.05, 0) is 5.92 Å². The Labute approximate surface area is 99.4 Å². The molecule has 1 aromatic rings. The average Bonchev–Trinajstić information content (AvgIpc) is 2.83. The summed E-state index contributed by atoms with van der Waals surface area (Å²) >= 11 is 3.31. The van der Waals surface area contributed by atoms with Crippen molar-refractivity contribution >= 4 is 33.8 Å². The number of carboxylic acid groups (broad SMARTS) is 1. The molecule has 16 heavy (non-hydrogen) atoms. The zero-order valence-electron chi connectivity index (χ0n) is 8.22. The Hall–Kier alpha value is -1.37.